The Bertz CT molecular complexity index is 276. The summed E-state index contributed by atoms with van der Waals surface area (Å²) in [6, 6.07) is 7.93. The van der Waals surface area contributed by atoms with Gasteiger partial charge in [0.1, 0.15) is 5.67 Å². The molecule has 0 amide bonds. The molecule has 3 heteroatoms. The van der Waals surface area contributed by atoms with Crippen LogP contribution in [-0.4, -0.2) is 11.4 Å². The Labute approximate surface area is 88.9 Å². The van der Waals surface area contributed by atoms with Crippen LogP contribution in [0.3, 0.4) is 0 Å². The highest BCUT2D eigenvalue weighted by atomic mass is 32.2. The lowest BCUT2D eigenvalue weighted by Gasteiger charge is -2.12. The summed E-state index contributed by atoms with van der Waals surface area (Å²) in [6.07, 6.45) is 0. The number of rotatable bonds is 4. The Morgan fingerprint density at radius 2 is 1.86 bits per heavy atom. The Kier molecular flexibility index (Phi) is 3.96. The summed E-state index contributed by atoms with van der Waals surface area (Å²) in [6.45, 7) is 3.74. The van der Waals surface area contributed by atoms with E-state index in [1.54, 1.807) is 13.8 Å². The molecule has 0 atom stereocenters. The van der Waals surface area contributed by atoms with Gasteiger partial charge >= 0.3 is 0 Å². The van der Waals surface area contributed by atoms with E-state index in [4.69, 9.17) is 5.73 Å². The van der Waals surface area contributed by atoms with E-state index in [0.29, 0.717) is 12.3 Å². The Morgan fingerprint density at radius 3 is 2.29 bits per heavy atom. The highest BCUT2D eigenvalue weighted by Gasteiger charge is 2.15. The summed E-state index contributed by atoms with van der Waals surface area (Å²) in [5.41, 5.74) is 5.47. The van der Waals surface area contributed by atoms with Crippen LogP contribution >= 0.6 is 11.8 Å². The first-order chi connectivity index (χ1) is 6.51. The minimum atomic E-state index is -1.11. The van der Waals surface area contributed by atoms with E-state index >= 15 is 0 Å². The maximum Gasteiger partial charge on any atom is 0.114 e. The zero-order valence-electron chi connectivity index (χ0n) is 8.59. The van der Waals surface area contributed by atoms with Crippen LogP contribution in [0.25, 0.3) is 0 Å². The SMILES string of the molecule is CC(C)(F)CSc1ccc(CN)cc1. The Morgan fingerprint density at radius 1 is 1.29 bits per heavy atom. The number of benzene rings is 1. The van der Waals surface area contributed by atoms with Crippen molar-refractivity contribution in [3.05, 3.63) is 29.8 Å². The molecular formula is C11H16FNS. The molecule has 0 saturated carbocycles. The van der Waals surface area contributed by atoms with E-state index in [-0.39, 0.29) is 0 Å². The number of alkyl halides is 1. The summed E-state index contributed by atoms with van der Waals surface area (Å²) in [5.74, 6) is 0.481. The van der Waals surface area contributed by atoms with Crippen molar-refractivity contribution in [3.8, 4) is 0 Å². The number of hydrogen-bond acceptors (Lipinski definition) is 2. The van der Waals surface area contributed by atoms with Crippen LogP contribution in [0.2, 0.25) is 0 Å². The molecule has 0 aliphatic rings. The van der Waals surface area contributed by atoms with Gasteiger partial charge < -0.3 is 5.73 Å². The molecular weight excluding hydrogens is 197 g/mol. The molecule has 0 aliphatic heterocycles. The summed E-state index contributed by atoms with van der Waals surface area (Å²) in [4.78, 5) is 1.09. The first-order valence-electron chi connectivity index (χ1n) is 4.62. The zero-order chi connectivity index (χ0) is 10.6. The third-order valence-corrected chi connectivity index (χ3v) is 3.18. The zero-order valence-corrected chi connectivity index (χ0v) is 9.40. The van der Waals surface area contributed by atoms with Crippen LogP contribution in [0.4, 0.5) is 4.39 Å². The predicted octanol–water partition coefficient (Wildman–Crippen LogP) is 2.99. The number of nitrogens with two attached hydrogens (primary N) is 1. The highest BCUT2D eigenvalue weighted by molar-refractivity contribution is 7.99. The third-order valence-electron chi connectivity index (χ3n) is 1.74. The fourth-order valence-electron chi connectivity index (χ4n) is 0.977. The molecule has 1 aromatic rings. The molecule has 0 radical (unpaired) electrons. The lowest BCUT2D eigenvalue weighted by atomic mass is 10.2. The standard InChI is InChI=1S/C11H16FNS/c1-11(2,12)8-14-10-5-3-9(7-13)4-6-10/h3-6H,7-8,13H2,1-2H3. The quantitative estimate of drug-likeness (QED) is 0.778. The van der Waals surface area contributed by atoms with E-state index in [0.717, 1.165) is 10.5 Å². The topological polar surface area (TPSA) is 26.0 Å². The van der Waals surface area contributed by atoms with Gasteiger partial charge in [-0.1, -0.05) is 12.1 Å². The molecule has 1 rings (SSSR count). The largest absolute Gasteiger partial charge is 0.326 e. The molecule has 0 spiro atoms. The van der Waals surface area contributed by atoms with Crippen molar-refractivity contribution in [1.82, 2.24) is 0 Å². The molecule has 0 heterocycles. The second-order valence-electron chi connectivity index (χ2n) is 3.86. The molecule has 14 heavy (non-hydrogen) atoms. The van der Waals surface area contributed by atoms with Gasteiger partial charge in [0, 0.05) is 17.2 Å². The van der Waals surface area contributed by atoms with Crippen LogP contribution in [0.5, 0.6) is 0 Å². The van der Waals surface area contributed by atoms with Crippen molar-refractivity contribution in [1.29, 1.82) is 0 Å². The van der Waals surface area contributed by atoms with Crippen LogP contribution in [0.1, 0.15) is 19.4 Å². The van der Waals surface area contributed by atoms with Gasteiger partial charge in [-0.25, -0.2) is 4.39 Å². The number of hydrogen-bond donors (Lipinski definition) is 1. The van der Waals surface area contributed by atoms with Crippen molar-refractivity contribution in [2.75, 3.05) is 5.75 Å². The molecule has 0 bridgehead atoms. The van der Waals surface area contributed by atoms with Crippen LogP contribution in [0, 0.1) is 0 Å². The van der Waals surface area contributed by atoms with E-state index in [9.17, 15) is 4.39 Å². The summed E-state index contributed by atoms with van der Waals surface area (Å²) in [5, 5.41) is 0. The normalized spacial score (nSPS) is 11.7. The first kappa shape index (κ1) is 11.5. The predicted molar refractivity (Wildman–Crippen MR) is 60.2 cm³/mol. The van der Waals surface area contributed by atoms with Gasteiger partial charge in [-0.15, -0.1) is 11.8 Å². The van der Waals surface area contributed by atoms with Gasteiger partial charge in [-0.05, 0) is 31.5 Å². The first-order valence-corrected chi connectivity index (χ1v) is 5.60. The van der Waals surface area contributed by atoms with E-state index in [2.05, 4.69) is 0 Å². The second-order valence-corrected chi connectivity index (χ2v) is 4.90. The fourth-order valence-corrected chi connectivity index (χ4v) is 1.82. The maximum absolute atomic E-state index is 13.2. The van der Waals surface area contributed by atoms with Gasteiger partial charge in [-0.2, -0.15) is 0 Å². The lowest BCUT2D eigenvalue weighted by molar-refractivity contribution is 0.253. The maximum atomic E-state index is 13.2. The van der Waals surface area contributed by atoms with E-state index in [1.165, 1.54) is 11.8 Å². The smallest absolute Gasteiger partial charge is 0.114 e. The number of thioether (sulfide) groups is 1. The van der Waals surface area contributed by atoms with Crippen molar-refractivity contribution >= 4 is 11.8 Å². The number of halogens is 1. The van der Waals surface area contributed by atoms with Gasteiger partial charge in [0.2, 0.25) is 0 Å². The minimum Gasteiger partial charge on any atom is -0.326 e. The Hall–Kier alpha value is -0.540. The minimum absolute atomic E-state index is 0.481. The molecule has 1 aromatic carbocycles. The molecule has 0 aliphatic carbocycles. The molecule has 1 nitrogen and oxygen atoms in total. The van der Waals surface area contributed by atoms with Crippen molar-refractivity contribution in [2.45, 2.75) is 31.0 Å². The van der Waals surface area contributed by atoms with Gasteiger partial charge in [-0.3, -0.25) is 0 Å². The molecule has 0 aromatic heterocycles. The molecule has 2 N–H and O–H groups in total. The average molecular weight is 213 g/mol. The third kappa shape index (κ3) is 4.11. The van der Waals surface area contributed by atoms with Crippen molar-refractivity contribution in [2.24, 2.45) is 5.73 Å². The summed E-state index contributed by atoms with van der Waals surface area (Å²) >= 11 is 1.53. The molecule has 0 fully saturated rings. The monoisotopic (exact) mass is 213 g/mol. The Balaban J connectivity index is 2.52. The van der Waals surface area contributed by atoms with Crippen LogP contribution in [-0.2, 0) is 6.54 Å². The van der Waals surface area contributed by atoms with Crippen LogP contribution in [0.15, 0.2) is 29.2 Å². The van der Waals surface area contributed by atoms with Crippen molar-refractivity contribution in [3.63, 3.8) is 0 Å². The van der Waals surface area contributed by atoms with E-state index < -0.39 is 5.67 Å². The van der Waals surface area contributed by atoms with Gasteiger partial charge in [0.15, 0.2) is 0 Å². The molecule has 78 valence electrons. The summed E-state index contributed by atoms with van der Waals surface area (Å²) in [7, 11) is 0. The van der Waals surface area contributed by atoms with Crippen LogP contribution < -0.4 is 5.73 Å². The summed E-state index contributed by atoms with van der Waals surface area (Å²) < 4.78 is 13.2. The second kappa shape index (κ2) is 4.80. The highest BCUT2D eigenvalue weighted by Crippen LogP contribution is 2.24. The molecule has 0 unspecified atom stereocenters. The van der Waals surface area contributed by atoms with E-state index in [1.807, 2.05) is 24.3 Å². The molecule has 0 saturated heterocycles. The van der Waals surface area contributed by atoms with Gasteiger partial charge in [0.25, 0.3) is 0 Å². The lowest BCUT2D eigenvalue weighted by Crippen LogP contribution is -2.14. The average Bonchev–Trinajstić information content (AvgIpc) is 2.14. The van der Waals surface area contributed by atoms with Crippen molar-refractivity contribution < 1.29 is 4.39 Å². The fraction of sp³-hybridized carbons (Fsp3) is 0.455. The van der Waals surface area contributed by atoms with Gasteiger partial charge in [0.05, 0.1) is 0 Å².